The average Bonchev–Trinajstić information content (AvgIpc) is 2.80. The van der Waals surface area contributed by atoms with Gasteiger partial charge in [0.25, 0.3) is 5.91 Å². The second kappa shape index (κ2) is 5.74. The first-order chi connectivity index (χ1) is 9.65. The van der Waals surface area contributed by atoms with Gasteiger partial charge in [0.1, 0.15) is 0 Å². The van der Waals surface area contributed by atoms with Crippen LogP contribution in [0.4, 0.5) is 0 Å². The quantitative estimate of drug-likeness (QED) is 0.851. The van der Waals surface area contributed by atoms with Gasteiger partial charge in [0.15, 0.2) is 0 Å². The van der Waals surface area contributed by atoms with Gasteiger partial charge in [0.05, 0.1) is 18.1 Å². The molecule has 3 unspecified atom stereocenters. The Bertz CT molecular complexity index is 517. The maximum absolute atomic E-state index is 12.1. The smallest absolute Gasteiger partial charge is 0.251 e. The number of aryl methyl sites for hydroxylation is 1. The number of halogens is 1. The fourth-order valence-corrected chi connectivity index (χ4v) is 3.41. The van der Waals surface area contributed by atoms with Gasteiger partial charge >= 0.3 is 0 Å². The van der Waals surface area contributed by atoms with Crippen LogP contribution < -0.4 is 5.32 Å². The number of fused-ring (bicyclic) bond motifs is 1. The highest BCUT2D eigenvalue weighted by molar-refractivity contribution is 6.21. The molecule has 3 atom stereocenters. The lowest BCUT2D eigenvalue weighted by Crippen LogP contribution is -2.23. The van der Waals surface area contributed by atoms with E-state index in [2.05, 4.69) is 24.4 Å². The third-order valence-electron chi connectivity index (χ3n) is 4.25. The molecule has 1 aromatic carbocycles. The van der Waals surface area contributed by atoms with Gasteiger partial charge in [-0.1, -0.05) is 12.1 Å². The highest BCUT2D eigenvalue weighted by Gasteiger charge is 2.30. The van der Waals surface area contributed by atoms with Gasteiger partial charge in [-0.25, -0.2) is 0 Å². The first kappa shape index (κ1) is 13.9. The van der Waals surface area contributed by atoms with E-state index in [0.29, 0.717) is 12.5 Å². The maximum atomic E-state index is 12.1. The molecule has 2 heterocycles. The fraction of sp³-hybridized carbons (Fsp3) is 0.562. The Morgan fingerprint density at radius 2 is 2.30 bits per heavy atom. The summed E-state index contributed by atoms with van der Waals surface area (Å²) in [6.45, 7) is 3.54. The molecule has 3 nitrogen and oxygen atoms in total. The Balaban J connectivity index is 1.86. The van der Waals surface area contributed by atoms with Crippen LogP contribution in [-0.4, -0.2) is 25.2 Å². The van der Waals surface area contributed by atoms with E-state index < -0.39 is 0 Å². The summed E-state index contributed by atoms with van der Waals surface area (Å²) in [5.41, 5.74) is 2.95. The van der Waals surface area contributed by atoms with Crippen molar-refractivity contribution in [2.45, 2.75) is 37.7 Å². The summed E-state index contributed by atoms with van der Waals surface area (Å²) in [6.07, 6.45) is 3.21. The second-order valence-electron chi connectivity index (χ2n) is 5.82. The average molecular weight is 294 g/mol. The predicted molar refractivity (Wildman–Crippen MR) is 79.2 cm³/mol. The molecule has 2 aliphatic rings. The molecule has 4 heteroatoms. The summed E-state index contributed by atoms with van der Waals surface area (Å²) in [5.74, 6) is 0.359. The van der Waals surface area contributed by atoms with Crippen molar-refractivity contribution in [2.24, 2.45) is 5.92 Å². The molecule has 1 N–H and O–H groups in total. The van der Waals surface area contributed by atoms with E-state index >= 15 is 0 Å². The summed E-state index contributed by atoms with van der Waals surface area (Å²) in [5, 5.41) is 2.85. The molecule has 1 aromatic rings. The first-order valence-electron chi connectivity index (χ1n) is 7.32. The minimum absolute atomic E-state index is 0.0271. The van der Waals surface area contributed by atoms with Crippen molar-refractivity contribution in [1.82, 2.24) is 5.32 Å². The van der Waals surface area contributed by atoms with Crippen LogP contribution in [0.25, 0.3) is 0 Å². The minimum Gasteiger partial charge on any atom is -0.378 e. The topological polar surface area (TPSA) is 38.3 Å². The monoisotopic (exact) mass is 293 g/mol. The first-order valence-corrected chi connectivity index (χ1v) is 7.75. The molecular weight excluding hydrogens is 274 g/mol. The highest BCUT2D eigenvalue weighted by Crippen LogP contribution is 2.37. The standard InChI is InChI=1S/C16H20ClNO2/c1-10-7-13(9-20-10)15(17)12-5-4-11-3-2-6-18-16(19)14(11)8-12/h4-5,8,10,13,15H,2-3,6-7,9H2,1H3,(H,18,19). The lowest BCUT2D eigenvalue weighted by Gasteiger charge is -2.17. The van der Waals surface area contributed by atoms with Crippen molar-refractivity contribution in [2.75, 3.05) is 13.2 Å². The molecule has 3 rings (SSSR count). The Kier molecular flexibility index (Phi) is 3.99. The third-order valence-corrected chi connectivity index (χ3v) is 4.86. The zero-order chi connectivity index (χ0) is 14.1. The van der Waals surface area contributed by atoms with E-state index in [4.69, 9.17) is 16.3 Å². The summed E-state index contributed by atoms with van der Waals surface area (Å²) in [7, 11) is 0. The molecular formula is C16H20ClNO2. The molecule has 0 radical (unpaired) electrons. The number of carbonyl (C=O) groups is 1. The SMILES string of the molecule is CC1CC(C(Cl)c2ccc3c(c2)C(=O)NCCC3)CO1. The summed E-state index contributed by atoms with van der Waals surface area (Å²) >= 11 is 6.60. The van der Waals surface area contributed by atoms with Crippen LogP contribution in [0.3, 0.4) is 0 Å². The molecule has 0 spiro atoms. The number of carbonyl (C=O) groups excluding carboxylic acids is 1. The molecule has 0 bridgehead atoms. The summed E-state index contributed by atoms with van der Waals surface area (Å²) < 4.78 is 5.60. The predicted octanol–water partition coefficient (Wildman–Crippen LogP) is 3.07. The van der Waals surface area contributed by atoms with E-state index in [1.54, 1.807) is 0 Å². The molecule has 0 aromatic heterocycles. The maximum Gasteiger partial charge on any atom is 0.251 e. The molecule has 1 fully saturated rings. The molecule has 0 saturated carbocycles. The molecule has 108 valence electrons. The largest absolute Gasteiger partial charge is 0.378 e. The Labute approximate surface area is 124 Å². The number of ether oxygens (including phenoxy) is 1. The Hall–Kier alpha value is -1.06. The molecule has 20 heavy (non-hydrogen) atoms. The van der Waals surface area contributed by atoms with Crippen molar-refractivity contribution < 1.29 is 9.53 Å². The van der Waals surface area contributed by atoms with Crippen LogP contribution in [0, 0.1) is 5.92 Å². The zero-order valence-electron chi connectivity index (χ0n) is 11.7. The molecule has 1 saturated heterocycles. The van der Waals surface area contributed by atoms with Crippen molar-refractivity contribution in [1.29, 1.82) is 0 Å². The third kappa shape index (κ3) is 2.70. The summed E-state index contributed by atoms with van der Waals surface area (Å²) in [4.78, 5) is 12.1. The zero-order valence-corrected chi connectivity index (χ0v) is 12.5. The van der Waals surface area contributed by atoms with Crippen LogP contribution in [0.1, 0.15) is 46.6 Å². The Morgan fingerprint density at radius 3 is 3.05 bits per heavy atom. The van der Waals surface area contributed by atoms with Gasteiger partial charge in [-0.3, -0.25) is 4.79 Å². The number of benzene rings is 1. The van der Waals surface area contributed by atoms with E-state index in [9.17, 15) is 4.79 Å². The number of alkyl halides is 1. The van der Waals surface area contributed by atoms with Crippen molar-refractivity contribution in [3.05, 3.63) is 34.9 Å². The number of amides is 1. The van der Waals surface area contributed by atoms with Crippen LogP contribution >= 0.6 is 11.6 Å². The van der Waals surface area contributed by atoms with Crippen LogP contribution in [-0.2, 0) is 11.2 Å². The molecule has 0 aliphatic carbocycles. The number of nitrogens with one attached hydrogen (secondary N) is 1. The van der Waals surface area contributed by atoms with Crippen molar-refractivity contribution in [3.8, 4) is 0 Å². The van der Waals surface area contributed by atoms with Crippen LogP contribution in [0.2, 0.25) is 0 Å². The van der Waals surface area contributed by atoms with Gasteiger partial charge in [-0.05, 0) is 43.4 Å². The van der Waals surface area contributed by atoms with Crippen LogP contribution in [0.15, 0.2) is 18.2 Å². The molecule has 2 aliphatic heterocycles. The van der Waals surface area contributed by atoms with E-state index in [-0.39, 0.29) is 17.4 Å². The summed E-state index contributed by atoms with van der Waals surface area (Å²) in [6, 6.07) is 6.10. The van der Waals surface area contributed by atoms with Gasteiger partial charge in [0, 0.05) is 18.0 Å². The van der Waals surface area contributed by atoms with Crippen molar-refractivity contribution >= 4 is 17.5 Å². The number of rotatable bonds is 2. The molecule has 1 amide bonds. The van der Waals surface area contributed by atoms with Gasteiger partial charge in [-0.15, -0.1) is 11.6 Å². The van der Waals surface area contributed by atoms with E-state index in [1.165, 1.54) is 0 Å². The number of hydrogen-bond acceptors (Lipinski definition) is 2. The van der Waals surface area contributed by atoms with Gasteiger partial charge in [0.2, 0.25) is 0 Å². The van der Waals surface area contributed by atoms with E-state index in [1.807, 2.05) is 6.07 Å². The second-order valence-corrected chi connectivity index (χ2v) is 6.29. The van der Waals surface area contributed by atoms with Gasteiger partial charge in [-0.2, -0.15) is 0 Å². The van der Waals surface area contributed by atoms with E-state index in [0.717, 1.165) is 42.5 Å². The fourth-order valence-electron chi connectivity index (χ4n) is 3.10. The lowest BCUT2D eigenvalue weighted by molar-refractivity contribution is 0.0956. The number of hydrogen-bond donors (Lipinski definition) is 1. The van der Waals surface area contributed by atoms with Crippen molar-refractivity contribution in [3.63, 3.8) is 0 Å². The Morgan fingerprint density at radius 1 is 1.45 bits per heavy atom. The normalized spacial score (nSPS) is 27.6. The van der Waals surface area contributed by atoms with Gasteiger partial charge < -0.3 is 10.1 Å². The lowest BCUT2D eigenvalue weighted by atomic mass is 9.93. The van der Waals surface area contributed by atoms with Crippen LogP contribution in [0.5, 0.6) is 0 Å². The minimum atomic E-state index is -0.0821. The highest BCUT2D eigenvalue weighted by atomic mass is 35.5.